The normalized spacial score (nSPS) is 15.6. The molecule has 0 bridgehead atoms. The highest BCUT2D eigenvalue weighted by Crippen LogP contribution is 2.29. The van der Waals surface area contributed by atoms with Gasteiger partial charge >= 0.3 is 0 Å². The molecule has 0 radical (unpaired) electrons. The second-order valence-corrected chi connectivity index (χ2v) is 11.8. The van der Waals surface area contributed by atoms with Gasteiger partial charge < -0.3 is 5.32 Å². The van der Waals surface area contributed by atoms with Crippen molar-refractivity contribution in [3.8, 4) is 10.6 Å². The maximum atomic E-state index is 12.8. The number of nitrogens with zero attached hydrogens (tertiary/aromatic N) is 3. The third-order valence-corrected chi connectivity index (χ3v) is 8.75. The molecule has 1 aliphatic heterocycles. The van der Waals surface area contributed by atoms with Crippen LogP contribution >= 0.6 is 38.9 Å². The first kappa shape index (κ1) is 23.3. The molecular weight excluding hydrogens is 536 g/mol. The van der Waals surface area contributed by atoms with Crippen LogP contribution in [0, 0.1) is 5.92 Å². The van der Waals surface area contributed by atoms with Crippen molar-refractivity contribution in [1.29, 1.82) is 0 Å². The molecule has 1 aromatic heterocycles. The first-order valence-corrected chi connectivity index (χ1v) is 13.5. The van der Waals surface area contributed by atoms with Crippen LogP contribution in [0.3, 0.4) is 0 Å². The van der Waals surface area contributed by atoms with Gasteiger partial charge in [-0.2, -0.15) is 0 Å². The minimum absolute atomic E-state index is 0.0462. The van der Waals surface area contributed by atoms with Crippen molar-refractivity contribution in [1.82, 2.24) is 14.5 Å². The Kier molecular flexibility index (Phi) is 7.26. The van der Waals surface area contributed by atoms with E-state index in [2.05, 4.69) is 31.4 Å². The molecule has 11 heteroatoms. The summed E-state index contributed by atoms with van der Waals surface area (Å²) in [6.45, 7) is 0.645. The fourth-order valence-corrected chi connectivity index (χ4v) is 6.17. The van der Waals surface area contributed by atoms with E-state index in [1.807, 2.05) is 24.3 Å². The van der Waals surface area contributed by atoms with Gasteiger partial charge in [-0.15, -0.1) is 10.2 Å². The van der Waals surface area contributed by atoms with Gasteiger partial charge in [0.05, 0.1) is 5.75 Å². The second kappa shape index (κ2) is 9.96. The summed E-state index contributed by atoms with van der Waals surface area (Å²) in [4.78, 5) is 12.7. The average molecular weight is 556 g/mol. The third kappa shape index (κ3) is 5.74. The van der Waals surface area contributed by atoms with Gasteiger partial charge in [0.2, 0.25) is 21.1 Å². The van der Waals surface area contributed by atoms with Crippen molar-refractivity contribution >= 4 is 59.9 Å². The van der Waals surface area contributed by atoms with E-state index in [9.17, 15) is 13.2 Å². The number of amides is 1. The Morgan fingerprint density at radius 1 is 1.09 bits per heavy atom. The molecule has 32 heavy (non-hydrogen) atoms. The molecule has 3 aromatic rings. The van der Waals surface area contributed by atoms with Gasteiger partial charge in [-0.25, -0.2) is 12.7 Å². The van der Waals surface area contributed by atoms with Gasteiger partial charge in [0.25, 0.3) is 0 Å². The number of sulfonamides is 1. The highest BCUT2D eigenvalue weighted by atomic mass is 79.9. The Balaban J connectivity index is 1.31. The van der Waals surface area contributed by atoms with Gasteiger partial charge in [0.15, 0.2) is 0 Å². The van der Waals surface area contributed by atoms with Gasteiger partial charge in [-0.05, 0) is 42.7 Å². The number of aromatic nitrogens is 2. The maximum Gasteiger partial charge on any atom is 0.229 e. The van der Waals surface area contributed by atoms with Crippen LogP contribution in [-0.2, 0) is 20.6 Å². The van der Waals surface area contributed by atoms with Gasteiger partial charge in [0.1, 0.15) is 5.01 Å². The monoisotopic (exact) mass is 554 g/mol. The van der Waals surface area contributed by atoms with Crippen LogP contribution in [0.2, 0.25) is 5.02 Å². The Morgan fingerprint density at radius 3 is 2.41 bits per heavy atom. The summed E-state index contributed by atoms with van der Waals surface area (Å²) < 4.78 is 27.9. The zero-order valence-corrected chi connectivity index (χ0v) is 20.8. The Hall–Kier alpha value is -1.85. The van der Waals surface area contributed by atoms with Crippen molar-refractivity contribution in [2.24, 2.45) is 5.92 Å². The molecule has 0 spiro atoms. The van der Waals surface area contributed by atoms with E-state index in [1.54, 1.807) is 24.3 Å². The number of piperidine rings is 1. The summed E-state index contributed by atoms with van der Waals surface area (Å²) in [6.07, 6.45) is 0.933. The van der Waals surface area contributed by atoms with Crippen molar-refractivity contribution in [3.63, 3.8) is 0 Å². The molecular formula is C21H20BrClN4O3S2. The Morgan fingerprint density at radius 2 is 1.75 bits per heavy atom. The number of hydrogen-bond acceptors (Lipinski definition) is 6. The summed E-state index contributed by atoms with van der Waals surface area (Å²) in [5.41, 5.74) is 1.61. The summed E-state index contributed by atoms with van der Waals surface area (Å²) >= 11 is 10.5. The van der Waals surface area contributed by atoms with Crippen molar-refractivity contribution in [3.05, 3.63) is 63.6 Å². The molecule has 1 N–H and O–H groups in total. The lowest BCUT2D eigenvalue weighted by Crippen LogP contribution is -2.41. The lowest BCUT2D eigenvalue weighted by molar-refractivity contribution is -0.120. The fraction of sp³-hybridized carbons (Fsp3) is 0.286. The quantitative estimate of drug-likeness (QED) is 0.472. The highest BCUT2D eigenvalue weighted by Gasteiger charge is 2.31. The van der Waals surface area contributed by atoms with E-state index in [4.69, 9.17) is 11.6 Å². The lowest BCUT2D eigenvalue weighted by atomic mass is 9.97. The SMILES string of the molecule is O=C(Nc1nnc(-c2ccc(Cl)cc2)s1)C1CCN(S(=O)(=O)Cc2ccc(Br)cc2)CC1. The van der Waals surface area contributed by atoms with E-state index < -0.39 is 10.0 Å². The van der Waals surface area contributed by atoms with Crippen LogP contribution in [-0.4, -0.2) is 41.9 Å². The largest absolute Gasteiger partial charge is 0.300 e. The average Bonchev–Trinajstić information content (AvgIpc) is 3.24. The standard InChI is InChI=1S/C21H20BrClN4O3S2/c22-17-5-1-14(2-6-17)13-32(29,30)27-11-9-15(10-12-27)19(28)24-21-26-25-20(31-21)16-3-7-18(23)8-4-16/h1-8,15H,9-13H2,(H,24,26,28). The van der Waals surface area contributed by atoms with Crippen LogP contribution in [0.1, 0.15) is 18.4 Å². The smallest absolute Gasteiger partial charge is 0.229 e. The number of nitrogens with one attached hydrogen (secondary N) is 1. The molecule has 1 fully saturated rings. The predicted molar refractivity (Wildman–Crippen MR) is 130 cm³/mol. The molecule has 4 rings (SSSR count). The zero-order chi connectivity index (χ0) is 22.7. The maximum absolute atomic E-state index is 12.8. The van der Waals surface area contributed by atoms with E-state index in [1.165, 1.54) is 15.6 Å². The Labute approximate surface area is 204 Å². The van der Waals surface area contributed by atoms with Gasteiger partial charge in [-0.3, -0.25) is 4.79 Å². The zero-order valence-electron chi connectivity index (χ0n) is 16.9. The third-order valence-electron chi connectivity index (χ3n) is 5.23. The number of carbonyl (C=O) groups excluding carboxylic acids is 1. The summed E-state index contributed by atoms with van der Waals surface area (Å²) in [7, 11) is -3.43. The highest BCUT2D eigenvalue weighted by molar-refractivity contribution is 9.10. The number of carbonyl (C=O) groups is 1. The van der Waals surface area contributed by atoms with Gasteiger partial charge in [-0.1, -0.05) is 63.1 Å². The van der Waals surface area contributed by atoms with E-state index in [0.717, 1.165) is 15.6 Å². The number of hydrogen-bond donors (Lipinski definition) is 1. The van der Waals surface area contributed by atoms with Gasteiger partial charge in [0, 0.05) is 34.1 Å². The van der Waals surface area contributed by atoms with E-state index in [-0.39, 0.29) is 17.6 Å². The van der Waals surface area contributed by atoms with Crippen molar-refractivity contribution < 1.29 is 13.2 Å². The summed E-state index contributed by atoms with van der Waals surface area (Å²) in [6, 6.07) is 14.5. The Bertz CT molecular complexity index is 1190. The van der Waals surface area contributed by atoms with Crippen LogP contribution in [0.4, 0.5) is 5.13 Å². The number of benzene rings is 2. The van der Waals surface area contributed by atoms with Crippen LogP contribution in [0.5, 0.6) is 0 Å². The van der Waals surface area contributed by atoms with Crippen molar-refractivity contribution in [2.45, 2.75) is 18.6 Å². The first-order chi connectivity index (χ1) is 15.3. The molecule has 2 aromatic carbocycles. The molecule has 168 valence electrons. The molecule has 1 saturated heterocycles. The van der Waals surface area contributed by atoms with E-state index in [0.29, 0.717) is 41.1 Å². The minimum Gasteiger partial charge on any atom is -0.300 e. The molecule has 0 saturated carbocycles. The second-order valence-electron chi connectivity index (χ2n) is 7.46. The van der Waals surface area contributed by atoms with Crippen LogP contribution < -0.4 is 5.32 Å². The molecule has 0 unspecified atom stereocenters. The molecule has 0 aliphatic carbocycles. The topological polar surface area (TPSA) is 92.3 Å². The molecule has 0 atom stereocenters. The van der Waals surface area contributed by atoms with E-state index >= 15 is 0 Å². The summed E-state index contributed by atoms with van der Waals surface area (Å²) in [5, 5.41) is 12.7. The predicted octanol–water partition coefficient (Wildman–Crippen LogP) is 4.80. The molecule has 1 amide bonds. The molecule has 1 aliphatic rings. The summed E-state index contributed by atoms with van der Waals surface area (Å²) in [5.74, 6) is -0.471. The number of anilines is 1. The first-order valence-electron chi connectivity index (χ1n) is 9.93. The fourth-order valence-electron chi connectivity index (χ4n) is 3.47. The number of halogens is 2. The van der Waals surface area contributed by atoms with Crippen LogP contribution in [0.15, 0.2) is 53.0 Å². The molecule has 7 nitrogen and oxygen atoms in total. The number of rotatable bonds is 6. The minimum atomic E-state index is -3.43. The van der Waals surface area contributed by atoms with Crippen molar-refractivity contribution in [2.75, 3.05) is 18.4 Å². The molecule has 2 heterocycles. The van der Waals surface area contributed by atoms with Crippen LogP contribution in [0.25, 0.3) is 10.6 Å². The lowest BCUT2D eigenvalue weighted by Gasteiger charge is -2.30.